The van der Waals surface area contributed by atoms with Gasteiger partial charge in [0.05, 0.1) is 19.8 Å². The molecule has 0 aromatic rings. The van der Waals surface area contributed by atoms with Crippen molar-refractivity contribution in [1.29, 1.82) is 0 Å². The van der Waals surface area contributed by atoms with Gasteiger partial charge in [0.2, 0.25) is 0 Å². The maximum atomic E-state index is 8.54. The molecular formula is C11H23NO3. The topological polar surface area (TPSA) is 41.9 Å². The van der Waals surface area contributed by atoms with Gasteiger partial charge in [0.25, 0.3) is 0 Å². The molecule has 15 heavy (non-hydrogen) atoms. The van der Waals surface area contributed by atoms with Crippen LogP contribution in [0.2, 0.25) is 0 Å². The van der Waals surface area contributed by atoms with Crippen molar-refractivity contribution in [2.45, 2.75) is 12.8 Å². The third-order valence-corrected chi connectivity index (χ3v) is 2.90. The van der Waals surface area contributed by atoms with Crippen LogP contribution in [-0.2, 0) is 9.47 Å². The zero-order valence-electron chi connectivity index (χ0n) is 9.65. The van der Waals surface area contributed by atoms with E-state index in [0.717, 1.165) is 38.8 Å². The van der Waals surface area contributed by atoms with E-state index in [0.29, 0.717) is 6.61 Å². The highest BCUT2D eigenvalue weighted by atomic mass is 16.5. The van der Waals surface area contributed by atoms with Crippen molar-refractivity contribution in [1.82, 2.24) is 4.90 Å². The molecule has 0 aliphatic carbocycles. The molecule has 0 spiro atoms. The SMILES string of the molecule is COCC1CCN(CCOCCO)CC1. The summed E-state index contributed by atoms with van der Waals surface area (Å²) >= 11 is 0. The smallest absolute Gasteiger partial charge is 0.0698 e. The number of nitrogens with zero attached hydrogens (tertiary/aromatic N) is 1. The van der Waals surface area contributed by atoms with E-state index in [1.807, 2.05) is 0 Å². The molecule has 90 valence electrons. The van der Waals surface area contributed by atoms with Crippen LogP contribution in [0.4, 0.5) is 0 Å². The van der Waals surface area contributed by atoms with Gasteiger partial charge >= 0.3 is 0 Å². The molecule has 0 unspecified atom stereocenters. The van der Waals surface area contributed by atoms with Crippen LogP contribution in [-0.4, -0.2) is 63.2 Å². The Labute approximate surface area is 92.2 Å². The van der Waals surface area contributed by atoms with Crippen LogP contribution >= 0.6 is 0 Å². The minimum Gasteiger partial charge on any atom is -0.394 e. The van der Waals surface area contributed by atoms with E-state index in [1.54, 1.807) is 7.11 Å². The molecule has 1 aliphatic rings. The van der Waals surface area contributed by atoms with Crippen molar-refractivity contribution >= 4 is 0 Å². The normalized spacial score (nSPS) is 19.6. The number of hydrogen-bond donors (Lipinski definition) is 1. The quantitative estimate of drug-likeness (QED) is 0.625. The van der Waals surface area contributed by atoms with E-state index < -0.39 is 0 Å². The molecule has 1 heterocycles. The minimum atomic E-state index is 0.121. The summed E-state index contributed by atoms with van der Waals surface area (Å²) in [5.41, 5.74) is 0. The lowest BCUT2D eigenvalue weighted by Crippen LogP contribution is -2.37. The van der Waals surface area contributed by atoms with Gasteiger partial charge in [-0.25, -0.2) is 0 Å². The Balaban J connectivity index is 1.99. The summed E-state index contributed by atoms with van der Waals surface area (Å²) in [7, 11) is 1.77. The van der Waals surface area contributed by atoms with E-state index >= 15 is 0 Å². The van der Waals surface area contributed by atoms with Crippen molar-refractivity contribution in [2.24, 2.45) is 5.92 Å². The number of piperidine rings is 1. The van der Waals surface area contributed by atoms with Crippen molar-refractivity contribution in [2.75, 3.05) is 53.2 Å². The zero-order chi connectivity index (χ0) is 10.9. The maximum Gasteiger partial charge on any atom is 0.0698 e. The number of aliphatic hydroxyl groups is 1. The van der Waals surface area contributed by atoms with E-state index in [1.165, 1.54) is 12.8 Å². The fraction of sp³-hybridized carbons (Fsp3) is 1.00. The van der Waals surface area contributed by atoms with Crippen LogP contribution in [0.25, 0.3) is 0 Å². The number of likely N-dealkylation sites (tertiary alicyclic amines) is 1. The van der Waals surface area contributed by atoms with Gasteiger partial charge in [0, 0.05) is 20.3 Å². The van der Waals surface area contributed by atoms with Gasteiger partial charge in [-0.05, 0) is 31.8 Å². The Morgan fingerprint density at radius 3 is 2.60 bits per heavy atom. The van der Waals surface area contributed by atoms with Gasteiger partial charge in [0.1, 0.15) is 0 Å². The Kier molecular flexibility index (Phi) is 6.92. The molecule has 0 saturated carbocycles. The van der Waals surface area contributed by atoms with Gasteiger partial charge in [-0.2, -0.15) is 0 Å². The summed E-state index contributed by atoms with van der Waals surface area (Å²) in [6.45, 7) is 5.49. The Bertz CT molecular complexity index is 144. The second-order valence-electron chi connectivity index (χ2n) is 4.08. The average molecular weight is 217 g/mol. The highest BCUT2D eigenvalue weighted by Gasteiger charge is 2.18. The largest absolute Gasteiger partial charge is 0.394 e. The van der Waals surface area contributed by atoms with Gasteiger partial charge in [0.15, 0.2) is 0 Å². The first kappa shape index (κ1) is 12.9. The summed E-state index contributed by atoms with van der Waals surface area (Å²) in [5, 5.41) is 8.54. The minimum absolute atomic E-state index is 0.121. The predicted octanol–water partition coefficient (Wildman–Crippen LogP) is 0.354. The fourth-order valence-corrected chi connectivity index (χ4v) is 1.97. The molecule has 4 heteroatoms. The lowest BCUT2D eigenvalue weighted by atomic mass is 9.98. The molecule has 1 N–H and O–H groups in total. The highest BCUT2D eigenvalue weighted by Crippen LogP contribution is 2.16. The van der Waals surface area contributed by atoms with Crippen molar-refractivity contribution in [3.8, 4) is 0 Å². The number of hydrogen-bond acceptors (Lipinski definition) is 4. The molecule has 4 nitrogen and oxygen atoms in total. The van der Waals surface area contributed by atoms with Crippen LogP contribution in [0.1, 0.15) is 12.8 Å². The van der Waals surface area contributed by atoms with E-state index in [-0.39, 0.29) is 6.61 Å². The van der Waals surface area contributed by atoms with Crippen LogP contribution in [0.15, 0.2) is 0 Å². The highest BCUT2D eigenvalue weighted by molar-refractivity contribution is 4.71. The second-order valence-corrected chi connectivity index (χ2v) is 4.08. The first-order valence-electron chi connectivity index (χ1n) is 5.76. The number of aliphatic hydroxyl groups excluding tert-OH is 1. The molecule has 0 aromatic heterocycles. The lowest BCUT2D eigenvalue weighted by Gasteiger charge is -2.31. The van der Waals surface area contributed by atoms with Gasteiger partial charge < -0.3 is 19.5 Å². The molecule has 1 rings (SSSR count). The van der Waals surface area contributed by atoms with Crippen molar-refractivity contribution in [3.63, 3.8) is 0 Å². The molecule has 1 aliphatic heterocycles. The van der Waals surface area contributed by atoms with E-state index in [4.69, 9.17) is 14.6 Å². The van der Waals surface area contributed by atoms with E-state index in [2.05, 4.69) is 4.90 Å². The summed E-state index contributed by atoms with van der Waals surface area (Å²) in [6, 6.07) is 0. The third kappa shape index (κ3) is 5.47. The molecular weight excluding hydrogens is 194 g/mol. The summed E-state index contributed by atoms with van der Waals surface area (Å²) in [4.78, 5) is 2.42. The standard InChI is InChI=1S/C11H23NO3/c1-14-10-11-2-4-12(5-3-11)6-8-15-9-7-13/h11,13H,2-10H2,1H3. The predicted molar refractivity (Wildman–Crippen MR) is 58.9 cm³/mol. The average Bonchev–Trinajstić information content (AvgIpc) is 2.27. The van der Waals surface area contributed by atoms with Gasteiger partial charge in [-0.3, -0.25) is 0 Å². The molecule has 0 radical (unpaired) electrons. The van der Waals surface area contributed by atoms with Crippen LogP contribution < -0.4 is 0 Å². The molecule has 0 amide bonds. The van der Waals surface area contributed by atoms with Gasteiger partial charge in [-0.15, -0.1) is 0 Å². The zero-order valence-corrected chi connectivity index (χ0v) is 9.65. The van der Waals surface area contributed by atoms with Crippen LogP contribution in [0.3, 0.4) is 0 Å². The Morgan fingerprint density at radius 2 is 2.00 bits per heavy atom. The Hall–Kier alpha value is -0.160. The molecule has 1 saturated heterocycles. The van der Waals surface area contributed by atoms with Crippen LogP contribution in [0, 0.1) is 5.92 Å². The summed E-state index contributed by atoms with van der Waals surface area (Å²) in [6.07, 6.45) is 2.46. The van der Waals surface area contributed by atoms with Crippen molar-refractivity contribution in [3.05, 3.63) is 0 Å². The molecule has 0 bridgehead atoms. The van der Waals surface area contributed by atoms with Crippen molar-refractivity contribution < 1.29 is 14.6 Å². The van der Waals surface area contributed by atoms with Crippen LogP contribution in [0.5, 0.6) is 0 Å². The lowest BCUT2D eigenvalue weighted by molar-refractivity contribution is 0.0550. The second kappa shape index (κ2) is 8.05. The first-order chi connectivity index (χ1) is 7.36. The summed E-state index contributed by atoms with van der Waals surface area (Å²) in [5.74, 6) is 0.740. The van der Waals surface area contributed by atoms with Gasteiger partial charge in [-0.1, -0.05) is 0 Å². The number of methoxy groups -OCH3 is 1. The monoisotopic (exact) mass is 217 g/mol. The molecule has 0 aromatic carbocycles. The maximum absolute atomic E-state index is 8.54. The molecule has 1 fully saturated rings. The fourth-order valence-electron chi connectivity index (χ4n) is 1.97. The third-order valence-electron chi connectivity index (χ3n) is 2.90. The number of ether oxygens (including phenoxy) is 2. The molecule has 0 atom stereocenters. The Morgan fingerprint density at radius 1 is 1.27 bits per heavy atom. The van der Waals surface area contributed by atoms with E-state index in [9.17, 15) is 0 Å². The number of rotatable bonds is 7. The first-order valence-corrected chi connectivity index (χ1v) is 5.76. The summed E-state index contributed by atoms with van der Waals surface area (Å²) < 4.78 is 10.4.